The van der Waals surface area contributed by atoms with Gasteiger partial charge in [0.1, 0.15) is 19.3 Å². The number of unbranched alkanes of at least 4 members (excludes halogenated alkanes) is 10. The van der Waals surface area contributed by atoms with E-state index in [1.807, 2.05) is 21.1 Å². The number of quaternary nitrogens is 1. The number of aliphatic hydroxyl groups is 1. The smallest absolute Gasteiger partial charge is 0.457 e. The Kier molecular flexibility index (Phi) is 20.5. The maximum absolute atomic E-state index is 12.5. The van der Waals surface area contributed by atoms with Crippen LogP contribution in [0.4, 0.5) is 0 Å². The number of aliphatic hydroxyl groups excluding tert-OH is 1. The number of hydrogen-bond donors (Lipinski definition) is 2. The van der Waals surface area contributed by atoms with Crippen LogP contribution < -0.4 is 0 Å². The van der Waals surface area contributed by atoms with Gasteiger partial charge >= 0.3 is 13.8 Å². The molecule has 3 aromatic rings. The quantitative estimate of drug-likeness (QED) is 0.0190. The van der Waals surface area contributed by atoms with Gasteiger partial charge in [-0.1, -0.05) is 161 Å². The Bertz CT molecular complexity index is 1430. The third kappa shape index (κ3) is 15.9. The van der Waals surface area contributed by atoms with Crippen molar-refractivity contribution in [2.24, 2.45) is 0 Å². The lowest BCUT2D eigenvalue weighted by Gasteiger charge is -2.39. The fraction of sp³-hybridized carbons (Fsp3) is 0.533. The van der Waals surface area contributed by atoms with E-state index in [1.54, 1.807) is 0 Å². The molecule has 0 fully saturated rings. The summed E-state index contributed by atoms with van der Waals surface area (Å²) in [6.45, 7) is 1.88. The number of allylic oxidation sites excluding steroid dienone is 2. The highest BCUT2D eigenvalue weighted by Crippen LogP contribution is 2.47. The minimum Gasteiger partial charge on any atom is -0.457 e. The number of likely N-dealkylation sites (N-methyl/N-ethyl adjacent to an activating group) is 1. The molecule has 0 radical (unpaired) electrons. The standard InChI is InChI=1S/C45H66NO7P/c1-5-6-7-8-11-17-26-39(45(40-28-19-14-20-29-40,41-30-21-15-22-31-41)42-32-23-16-24-33-42)27-18-12-9-10-13-25-34-44(48)53-43(37-47)38-52-54(49,50)51-36-35-46(2,3)4/h14-16,19-24,27-33,43,47H,5-13,17-18,25-26,34-38H2,1-4H3/p+1/b39-27+/t43-/m1/s1. The largest absolute Gasteiger partial charge is 0.472 e. The molecular formula is C45H67NO7P+. The van der Waals surface area contributed by atoms with E-state index in [-0.39, 0.29) is 13.0 Å². The van der Waals surface area contributed by atoms with Crippen molar-refractivity contribution in [1.29, 1.82) is 0 Å². The molecule has 3 rings (SSSR count). The molecule has 0 saturated carbocycles. The lowest BCUT2D eigenvalue weighted by molar-refractivity contribution is -0.870. The van der Waals surface area contributed by atoms with Crippen LogP contribution in [0.2, 0.25) is 0 Å². The molecule has 0 aliphatic heterocycles. The zero-order valence-corrected chi connectivity index (χ0v) is 34.3. The van der Waals surface area contributed by atoms with Crippen LogP contribution in [0.25, 0.3) is 0 Å². The van der Waals surface area contributed by atoms with Gasteiger partial charge in [0.2, 0.25) is 0 Å². The molecule has 2 N–H and O–H groups in total. The first-order valence-electron chi connectivity index (χ1n) is 20.1. The molecule has 0 aliphatic carbocycles. The van der Waals surface area contributed by atoms with E-state index < -0.39 is 38.5 Å². The number of phosphoric ester groups is 1. The molecule has 0 saturated heterocycles. The minimum absolute atomic E-state index is 0.0351. The summed E-state index contributed by atoms with van der Waals surface area (Å²) in [5, 5.41) is 9.64. The highest BCUT2D eigenvalue weighted by molar-refractivity contribution is 7.47. The number of carbonyl (C=O) groups is 1. The average molecular weight is 765 g/mol. The summed E-state index contributed by atoms with van der Waals surface area (Å²) in [5.41, 5.74) is 4.93. The highest BCUT2D eigenvalue weighted by atomic mass is 31.2. The number of benzene rings is 3. The molecule has 298 valence electrons. The van der Waals surface area contributed by atoms with Gasteiger partial charge in [0.25, 0.3) is 0 Å². The van der Waals surface area contributed by atoms with E-state index in [0.717, 1.165) is 44.9 Å². The van der Waals surface area contributed by atoms with E-state index in [1.165, 1.54) is 54.4 Å². The first kappa shape index (κ1) is 45.3. The molecule has 2 atom stereocenters. The maximum atomic E-state index is 12.5. The Hall–Kier alpha value is -3.10. The van der Waals surface area contributed by atoms with Gasteiger partial charge in [-0.05, 0) is 48.8 Å². The van der Waals surface area contributed by atoms with Gasteiger partial charge in [-0.2, -0.15) is 0 Å². The Morgan fingerprint density at radius 3 is 1.70 bits per heavy atom. The van der Waals surface area contributed by atoms with Gasteiger partial charge in [0, 0.05) is 6.42 Å². The molecule has 0 heterocycles. The first-order chi connectivity index (χ1) is 26.0. The molecule has 0 aliphatic rings. The molecule has 1 unspecified atom stereocenters. The lowest BCUT2D eigenvalue weighted by Crippen LogP contribution is -2.37. The number of hydrogen-bond acceptors (Lipinski definition) is 6. The summed E-state index contributed by atoms with van der Waals surface area (Å²) in [7, 11) is 1.50. The van der Waals surface area contributed by atoms with Crippen LogP contribution in [0.1, 0.15) is 114 Å². The molecule has 0 spiro atoms. The molecule has 0 amide bonds. The van der Waals surface area contributed by atoms with Crippen molar-refractivity contribution < 1.29 is 37.6 Å². The molecule has 0 aromatic heterocycles. The first-order valence-corrected chi connectivity index (χ1v) is 21.6. The number of rotatable bonds is 28. The predicted octanol–water partition coefficient (Wildman–Crippen LogP) is 10.2. The van der Waals surface area contributed by atoms with Crippen molar-refractivity contribution in [3.8, 4) is 0 Å². The normalized spacial score (nSPS) is 14.1. The number of esters is 1. The van der Waals surface area contributed by atoms with Crippen molar-refractivity contribution in [3.63, 3.8) is 0 Å². The molecule has 9 heteroatoms. The van der Waals surface area contributed by atoms with Gasteiger partial charge in [-0.3, -0.25) is 13.8 Å². The monoisotopic (exact) mass is 764 g/mol. The summed E-state index contributed by atoms with van der Waals surface area (Å²) >= 11 is 0. The van der Waals surface area contributed by atoms with Crippen LogP contribution in [0.5, 0.6) is 0 Å². The third-order valence-corrected chi connectivity index (χ3v) is 10.8. The topological polar surface area (TPSA) is 102 Å². The minimum atomic E-state index is -4.32. The fourth-order valence-electron chi connectivity index (χ4n) is 6.89. The summed E-state index contributed by atoms with van der Waals surface area (Å²) in [6, 6.07) is 32.9. The summed E-state index contributed by atoms with van der Waals surface area (Å²) in [6.07, 6.45) is 15.9. The van der Waals surface area contributed by atoms with Gasteiger partial charge in [-0.15, -0.1) is 0 Å². The Balaban J connectivity index is 1.60. The SMILES string of the molecule is CCCCCCCC/C(=C\CCCCCCCC(=O)O[C@H](CO)COP(=O)(O)OCC[N+](C)(C)C)C(c1ccccc1)(c1ccccc1)c1ccccc1. The second-order valence-corrected chi connectivity index (χ2v) is 16.8. The predicted molar refractivity (Wildman–Crippen MR) is 219 cm³/mol. The molecular weight excluding hydrogens is 697 g/mol. The highest BCUT2D eigenvalue weighted by Gasteiger charge is 2.39. The second kappa shape index (κ2) is 24.4. The van der Waals surface area contributed by atoms with Crippen molar-refractivity contribution in [1.82, 2.24) is 0 Å². The van der Waals surface area contributed by atoms with Gasteiger partial charge in [0.05, 0.1) is 39.8 Å². The van der Waals surface area contributed by atoms with Crippen molar-refractivity contribution in [3.05, 3.63) is 119 Å². The summed E-state index contributed by atoms with van der Waals surface area (Å²) < 4.78 is 28.0. The number of ether oxygens (including phenoxy) is 1. The van der Waals surface area contributed by atoms with Crippen molar-refractivity contribution >= 4 is 13.8 Å². The van der Waals surface area contributed by atoms with E-state index in [2.05, 4.69) is 104 Å². The number of phosphoric acid groups is 1. The Morgan fingerprint density at radius 2 is 1.20 bits per heavy atom. The van der Waals surface area contributed by atoms with Crippen LogP contribution >= 0.6 is 7.82 Å². The van der Waals surface area contributed by atoms with Crippen LogP contribution in [0, 0.1) is 0 Å². The van der Waals surface area contributed by atoms with E-state index in [9.17, 15) is 19.4 Å². The molecule has 0 bridgehead atoms. The Labute approximate surface area is 325 Å². The summed E-state index contributed by atoms with van der Waals surface area (Å²) in [5.74, 6) is -0.460. The van der Waals surface area contributed by atoms with Crippen molar-refractivity contribution in [2.45, 2.75) is 108 Å². The molecule has 8 nitrogen and oxygen atoms in total. The summed E-state index contributed by atoms with van der Waals surface area (Å²) in [4.78, 5) is 22.4. The van der Waals surface area contributed by atoms with Crippen molar-refractivity contribution in [2.75, 3.05) is 47.5 Å². The second-order valence-electron chi connectivity index (χ2n) is 15.3. The van der Waals surface area contributed by atoms with Crippen LogP contribution in [0.3, 0.4) is 0 Å². The van der Waals surface area contributed by atoms with E-state index >= 15 is 0 Å². The lowest BCUT2D eigenvalue weighted by atomic mass is 9.63. The van der Waals surface area contributed by atoms with E-state index in [0.29, 0.717) is 17.4 Å². The Morgan fingerprint density at radius 1 is 0.722 bits per heavy atom. The van der Waals surface area contributed by atoms with Gasteiger partial charge in [0.15, 0.2) is 0 Å². The fourth-order valence-corrected chi connectivity index (χ4v) is 7.63. The molecule has 54 heavy (non-hydrogen) atoms. The van der Waals surface area contributed by atoms with Crippen LogP contribution in [0.15, 0.2) is 103 Å². The number of carbonyl (C=O) groups excluding carboxylic acids is 1. The molecule has 3 aromatic carbocycles. The van der Waals surface area contributed by atoms with Gasteiger partial charge < -0.3 is 19.2 Å². The van der Waals surface area contributed by atoms with Gasteiger partial charge in [-0.25, -0.2) is 4.57 Å². The van der Waals surface area contributed by atoms with Crippen LogP contribution in [-0.4, -0.2) is 74.1 Å². The average Bonchev–Trinajstić information content (AvgIpc) is 3.16. The number of nitrogens with zero attached hydrogens (tertiary/aromatic N) is 1. The zero-order valence-electron chi connectivity index (χ0n) is 33.4. The maximum Gasteiger partial charge on any atom is 0.472 e. The van der Waals surface area contributed by atoms with Crippen LogP contribution in [-0.2, 0) is 28.6 Å². The third-order valence-electron chi connectivity index (χ3n) is 9.82. The zero-order chi connectivity index (χ0) is 39.1. The van der Waals surface area contributed by atoms with E-state index in [4.69, 9.17) is 13.8 Å².